The van der Waals surface area contributed by atoms with Crippen LogP contribution in [0.4, 0.5) is 0 Å². The average molecular weight is 394 g/mol. The number of nitrogens with one attached hydrogen (secondary N) is 1. The zero-order chi connectivity index (χ0) is 18.9. The van der Waals surface area contributed by atoms with Crippen LogP contribution in [0.1, 0.15) is 42.0 Å². The molecular weight excluding hydrogens is 374 g/mol. The molecule has 2 aromatic heterocycles. The van der Waals surface area contributed by atoms with Crippen LogP contribution in [0, 0.1) is 0 Å². The molecule has 1 N–H and O–H groups in total. The lowest BCUT2D eigenvalue weighted by molar-refractivity contribution is 0.207. The molecule has 1 fully saturated rings. The van der Waals surface area contributed by atoms with Crippen molar-refractivity contribution in [1.29, 1.82) is 0 Å². The van der Waals surface area contributed by atoms with Crippen LogP contribution in [-0.2, 0) is 13.0 Å². The molecule has 4 aromatic rings. The number of benzene rings is 2. The summed E-state index contributed by atoms with van der Waals surface area (Å²) in [4.78, 5) is 15.1. The first-order valence-corrected chi connectivity index (χ1v) is 9.87. The smallest absolute Gasteiger partial charge is 0.240 e. The summed E-state index contributed by atoms with van der Waals surface area (Å²) in [7, 11) is 0. The summed E-state index contributed by atoms with van der Waals surface area (Å²) < 4.78 is 5.51. The van der Waals surface area contributed by atoms with Gasteiger partial charge in [0.1, 0.15) is 5.82 Å². The van der Waals surface area contributed by atoms with Crippen molar-refractivity contribution in [1.82, 2.24) is 25.0 Å². The second-order valence-corrected chi connectivity index (χ2v) is 7.62. The van der Waals surface area contributed by atoms with E-state index in [9.17, 15) is 0 Å². The fraction of sp³-hybridized carbons (Fsp3) is 0.286. The number of rotatable bonds is 5. The first-order chi connectivity index (χ1) is 13.7. The van der Waals surface area contributed by atoms with Crippen molar-refractivity contribution in [3.63, 3.8) is 0 Å². The third kappa shape index (κ3) is 3.53. The van der Waals surface area contributed by atoms with Crippen LogP contribution < -0.4 is 0 Å². The van der Waals surface area contributed by atoms with Gasteiger partial charge in [0, 0.05) is 11.4 Å². The van der Waals surface area contributed by atoms with E-state index < -0.39 is 0 Å². The zero-order valence-corrected chi connectivity index (χ0v) is 16.1. The third-order valence-electron chi connectivity index (χ3n) is 5.20. The first kappa shape index (κ1) is 17.4. The second-order valence-electron chi connectivity index (χ2n) is 7.18. The molecule has 142 valence electrons. The Hall–Kier alpha value is -2.70. The molecule has 1 unspecified atom stereocenters. The number of fused-ring (bicyclic) bond motifs is 1. The maximum atomic E-state index is 6.10. The fourth-order valence-electron chi connectivity index (χ4n) is 3.86. The minimum absolute atomic E-state index is 0.218. The lowest BCUT2D eigenvalue weighted by atomic mass is 10.1. The zero-order valence-electron chi connectivity index (χ0n) is 15.3. The molecule has 5 rings (SSSR count). The number of nitrogens with zero attached hydrogens (tertiary/aromatic N) is 4. The number of H-pyrrole nitrogens is 1. The minimum atomic E-state index is 0.218. The maximum Gasteiger partial charge on any atom is 0.240 e. The molecule has 7 heteroatoms. The molecule has 1 aliphatic heterocycles. The second kappa shape index (κ2) is 7.37. The Kier molecular flexibility index (Phi) is 4.58. The van der Waals surface area contributed by atoms with Crippen molar-refractivity contribution in [3.05, 3.63) is 76.7 Å². The molecule has 0 aliphatic carbocycles. The molecule has 0 saturated carbocycles. The molecule has 1 atom stereocenters. The molecule has 1 saturated heterocycles. The molecule has 0 radical (unpaired) electrons. The molecule has 2 aromatic carbocycles. The van der Waals surface area contributed by atoms with Gasteiger partial charge < -0.3 is 9.51 Å². The number of aromatic nitrogens is 4. The molecule has 3 heterocycles. The van der Waals surface area contributed by atoms with E-state index in [1.807, 2.05) is 36.4 Å². The van der Waals surface area contributed by atoms with Gasteiger partial charge in [-0.1, -0.05) is 47.1 Å². The van der Waals surface area contributed by atoms with E-state index in [2.05, 4.69) is 32.2 Å². The van der Waals surface area contributed by atoms with Crippen LogP contribution in [0.2, 0.25) is 5.02 Å². The predicted octanol–water partition coefficient (Wildman–Crippen LogP) is 4.53. The van der Waals surface area contributed by atoms with E-state index in [4.69, 9.17) is 21.1 Å². The highest BCUT2D eigenvalue weighted by atomic mass is 35.5. The Morgan fingerprint density at radius 1 is 1.14 bits per heavy atom. The summed E-state index contributed by atoms with van der Waals surface area (Å²) in [5, 5.41) is 4.86. The Bertz CT molecular complexity index is 1090. The number of hydrogen-bond acceptors (Lipinski definition) is 5. The summed E-state index contributed by atoms with van der Waals surface area (Å²) in [5.74, 6) is 2.34. The lowest BCUT2D eigenvalue weighted by Crippen LogP contribution is -2.23. The van der Waals surface area contributed by atoms with E-state index in [-0.39, 0.29) is 6.04 Å². The van der Waals surface area contributed by atoms with Gasteiger partial charge in [0.2, 0.25) is 5.89 Å². The molecular formula is C21H20ClN5O. The molecule has 0 bridgehead atoms. The van der Waals surface area contributed by atoms with Gasteiger partial charge >= 0.3 is 0 Å². The van der Waals surface area contributed by atoms with E-state index in [0.717, 1.165) is 42.1 Å². The van der Waals surface area contributed by atoms with Gasteiger partial charge in [-0.15, -0.1) is 0 Å². The molecule has 0 spiro atoms. The van der Waals surface area contributed by atoms with Gasteiger partial charge in [-0.25, -0.2) is 4.98 Å². The highest BCUT2D eigenvalue weighted by Crippen LogP contribution is 2.32. The van der Waals surface area contributed by atoms with E-state index in [1.165, 1.54) is 5.56 Å². The van der Waals surface area contributed by atoms with E-state index in [1.54, 1.807) is 0 Å². The number of halogens is 1. The Morgan fingerprint density at radius 3 is 2.93 bits per heavy atom. The first-order valence-electron chi connectivity index (χ1n) is 9.49. The van der Waals surface area contributed by atoms with Crippen molar-refractivity contribution in [3.8, 4) is 0 Å². The SMILES string of the molecule is Clc1ccc2nc(C3CCCN3Cc3nc(Cc4ccccc4)no3)[nH]c2c1. The number of likely N-dealkylation sites (tertiary alicyclic amines) is 1. The molecule has 28 heavy (non-hydrogen) atoms. The quantitative estimate of drug-likeness (QED) is 0.539. The molecule has 0 amide bonds. The summed E-state index contributed by atoms with van der Waals surface area (Å²) in [6.07, 6.45) is 2.85. The largest absolute Gasteiger partial charge is 0.341 e. The van der Waals surface area contributed by atoms with E-state index in [0.29, 0.717) is 23.9 Å². The summed E-state index contributed by atoms with van der Waals surface area (Å²) >= 11 is 6.10. The highest BCUT2D eigenvalue weighted by Gasteiger charge is 2.30. The number of hydrogen-bond donors (Lipinski definition) is 1. The summed E-state index contributed by atoms with van der Waals surface area (Å²) in [6.45, 7) is 1.61. The van der Waals surface area contributed by atoms with Crippen LogP contribution in [0.25, 0.3) is 11.0 Å². The van der Waals surface area contributed by atoms with Crippen LogP contribution >= 0.6 is 11.6 Å². The van der Waals surface area contributed by atoms with Gasteiger partial charge in [0.05, 0.1) is 23.6 Å². The Morgan fingerprint density at radius 2 is 2.04 bits per heavy atom. The van der Waals surface area contributed by atoms with Crippen molar-refractivity contribution >= 4 is 22.6 Å². The summed E-state index contributed by atoms with van der Waals surface area (Å²) in [6, 6.07) is 16.1. The predicted molar refractivity (Wildman–Crippen MR) is 107 cm³/mol. The molecule has 6 nitrogen and oxygen atoms in total. The topological polar surface area (TPSA) is 70.8 Å². The van der Waals surface area contributed by atoms with Crippen molar-refractivity contribution < 1.29 is 4.52 Å². The van der Waals surface area contributed by atoms with Gasteiger partial charge in [-0.2, -0.15) is 4.98 Å². The van der Waals surface area contributed by atoms with Gasteiger partial charge in [0.15, 0.2) is 5.82 Å². The van der Waals surface area contributed by atoms with Crippen molar-refractivity contribution in [2.75, 3.05) is 6.54 Å². The normalized spacial score (nSPS) is 17.5. The van der Waals surface area contributed by atoms with Gasteiger partial charge in [0.25, 0.3) is 0 Å². The third-order valence-corrected chi connectivity index (χ3v) is 5.43. The van der Waals surface area contributed by atoms with Gasteiger partial charge in [-0.3, -0.25) is 4.90 Å². The average Bonchev–Trinajstić information content (AvgIpc) is 3.42. The minimum Gasteiger partial charge on any atom is -0.341 e. The number of aromatic amines is 1. The summed E-state index contributed by atoms with van der Waals surface area (Å²) in [5.41, 5.74) is 3.08. The van der Waals surface area contributed by atoms with Crippen LogP contribution in [0.3, 0.4) is 0 Å². The fourth-order valence-corrected chi connectivity index (χ4v) is 4.03. The van der Waals surface area contributed by atoms with E-state index >= 15 is 0 Å². The lowest BCUT2D eigenvalue weighted by Gasteiger charge is -2.20. The Labute approximate surface area is 167 Å². The molecule has 1 aliphatic rings. The standard InChI is InChI=1S/C21H20ClN5O/c22-15-8-9-16-17(12-15)24-21(23-16)18-7-4-10-27(18)13-20-25-19(26-28-20)11-14-5-2-1-3-6-14/h1-3,5-6,8-9,12,18H,4,7,10-11,13H2,(H,23,24). The monoisotopic (exact) mass is 393 g/mol. The maximum absolute atomic E-state index is 6.10. The van der Waals surface area contributed by atoms with Crippen LogP contribution in [0.15, 0.2) is 53.1 Å². The van der Waals surface area contributed by atoms with Gasteiger partial charge in [-0.05, 0) is 43.1 Å². The Balaban J connectivity index is 1.32. The number of imidazole rings is 1. The van der Waals surface area contributed by atoms with Crippen LogP contribution in [0.5, 0.6) is 0 Å². The highest BCUT2D eigenvalue weighted by molar-refractivity contribution is 6.31. The van der Waals surface area contributed by atoms with Crippen LogP contribution in [-0.4, -0.2) is 31.6 Å². The van der Waals surface area contributed by atoms with Crippen molar-refractivity contribution in [2.45, 2.75) is 31.8 Å². The van der Waals surface area contributed by atoms with Crippen molar-refractivity contribution in [2.24, 2.45) is 0 Å².